The molecule has 0 heterocycles. The quantitative estimate of drug-likeness (QED) is 0.741. The molecule has 0 aliphatic carbocycles. The third-order valence-electron chi connectivity index (χ3n) is 2.78. The fourth-order valence-corrected chi connectivity index (χ4v) is 3.20. The molecule has 0 radical (unpaired) electrons. The molecular formula is C14H20BrNO4S. The lowest BCUT2D eigenvalue weighted by Crippen LogP contribution is -2.45. The topological polar surface area (TPSA) is 72.5 Å². The fourth-order valence-electron chi connectivity index (χ4n) is 1.60. The summed E-state index contributed by atoms with van der Waals surface area (Å²) < 4.78 is 32.8. The van der Waals surface area contributed by atoms with Crippen LogP contribution >= 0.6 is 15.9 Å². The Hall–Kier alpha value is -0.920. The summed E-state index contributed by atoms with van der Waals surface area (Å²) >= 11 is 3.25. The van der Waals surface area contributed by atoms with Gasteiger partial charge in [-0.1, -0.05) is 36.7 Å². The van der Waals surface area contributed by atoms with E-state index in [1.165, 1.54) is 12.1 Å². The second kappa shape index (κ2) is 7.91. The zero-order valence-electron chi connectivity index (χ0n) is 12.3. The number of hydrogen-bond donors (Lipinski definition) is 1. The number of esters is 1. The first-order chi connectivity index (χ1) is 9.77. The van der Waals surface area contributed by atoms with Gasteiger partial charge in [0.2, 0.25) is 10.0 Å². The molecule has 7 heteroatoms. The highest BCUT2D eigenvalue weighted by Crippen LogP contribution is 2.16. The molecule has 0 saturated carbocycles. The molecule has 1 atom stereocenters. The van der Waals surface area contributed by atoms with Crippen LogP contribution in [0.5, 0.6) is 0 Å². The van der Waals surface area contributed by atoms with Gasteiger partial charge in [-0.3, -0.25) is 4.79 Å². The largest absolute Gasteiger partial charge is 0.465 e. The minimum Gasteiger partial charge on any atom is -0.465 e. The number of nitrogens with one attached hydrogen (secondary N) is 1. The molecule has 1 aromatic carbocycles. The van der Waals surface area contributed by atoms with Crippen molar-refractivity contribution in [2.45, 2.75) is 38.1 Å². The van der Waals surface area contributed by atoms with Crippen molar-refractivity contribution in [2.75, 3.05) is 6.61 Å². The Morgan fingerprint density at radius 1 is 1.29 bits per heavy atom. The molecule has 0 aliphatic heterocycles. The lowest BCUT2D eigenvalue weighted by molar-refractivity contribution is -0.146. The lowest BCUT2D eigenvalue weighted by atomic mass is 10.1. The monoisotopic (exact) mass is 377 g/mol. The third kappa shape index (κ3) is 5.41. The van der Waals surface area contributed by atoms with Crippen molar-refractivity contribution >= 4 is 31.9 Å². The molecule has 21 heavy (non-hydrogen) atoms. The van der Waals surface area contributed by atoms with E-state index in [2.05, 4.69) is 20.7 Å². The number of benzene rings is 1. The molecule has 0 unspecified atom stereocenters. The Labute approximate surface area is 134 Å². The molecule has 1 N–H and O–H groups in total. The summed E-state index contributed by atoms with van der Waals surface area (Å²) in [6.45, 7) is 5.69. The smallest absolute Gasteiger partial charge is 0.324 e. The van der Waals surface area contributed by atoms with E-state index in [1.54, 1.807) is 26.0 Å². The number of hydrogen-bond acceptors (Lipinski definition) is 4. The highest BCUT2D eigenvalue weighted by molar-refractivity contribution is 9.10. The van der Waals surface area contributed by atoms with E-state index >= 15 is 0 Å². The summed E-state index contributed by atoms with van der Waals surface area (Å²) in [4.78, 5) is 12.1. The summed E-state index contributed by atoms with van der Waals surface area (Å²) in [6, 6.07) is 5.32. The molecule has 118 valence electrons. The van der Waals surface area contributed by atoms with E-state index in [0.29, 0.717) is 6.42 Å². The van der Waals surface area contributed by atoms with Gasteiger partial charge >= 0.3 is 5.97 Å². The van der Waals surface area contributed by atoms with E-state index < -0.39 is 22.0 Å². The molecule has 0 bridgehead atoms. The normalized spacial score (nSPS) is 13.2. The van der Waals surface area contributed by atoms with E-state index in [9.17, 15) is 13.2 Å². The van der Waals surface area contributed by atoms with Crippen LogP contribution in [0.1, 0.15) is 27.2 Å². The summed E-state index contributed by atoms with van der Waals surface area (Å²) in [7, 11) is -3.76. The molecule has 0 spiro atoms. The van der Waals surface area contributed by atoms with Crippen LogP contribution in [0.25, 0.3) is 0 Å². The Morgan fingerprint density at radius 2 is 1.86 bits per heavy atom. The molecule has 0 fully saturated rings. The van der Waals surface area contributed by atoms with E-state index in [4.69, 9.17) is 4.74 Å². The van der Waals surface area contributed by atoms with Crippen LogP contribution in [0.2, 0.25) is 0 Å². The molecule has 0 aliphatic rings. The van der Waals surface area contributed by atoms with E-state index in [1.807, 2.05) is 6.92 Å². The maximum atomic E-state index is 12.3. The number of ether oxygens (including phenoxy) is 1. The minimum atomic E-state index is -3.76. The van der Waals surface area contributed by atoms with Gasteiger partial charge < -0.3 is 4.74 Å². The maximum absolute atomic E-state index is 12.3. The Balaban J connectivity index is 2.92. The number of carbonyl (C=O) groups excluding carboxylic acids is 1. The first-order valence-corrected chi connectivity index (χ1v) is 9.00. The molecule has 1 rings (SSSR count). The minimum absolute atomic E-state index is 0.111. The predicted molar refractivity (Wildman–Crippen MR) is 84.3 cm³/mol. The molecule has 0 amide bonds. The SMILES string of the molecule is CCCOC(=O)[C@@H](NS(=O)(=O)c1ccc(Br)cc1)C(C)C. The van der Waals surface area contributed by atoms with Crippen molar-refractivity contribution in [1.82, 2.24) is 4.72 Å². The van der Waals surface area contributed by atoms with Crippen LogP contribution in [-0.4, -0.2) is 27.0 Å². The molecule has 0 aromatic heterocycles. The fraction of sp³-hybridized carbons (Fsp3) is 0.500. The average molecular weight is 378 g/mol. The number of sulfonamides is 1. The van der Waals surface area contributed by atoms with Gasteiger partial charge in [0.15, 0.2) is 0 Å². The van der Waals surface area contributed by atoms with E-state index in [-0.39, 0.29) is 17.4 Å². The maximum Gasteiger partial charge on any atom is 0.324 e. The third-order valence-corrected chi connectivity index (χ3v) is 4.76. The highest BCUT2D eigenvalue weighted by atomic mass is 79.9. The highest BCUT2D eigenvalue weighted by Gasteiger charge is 2.29. The Kier molecular flexibility index (Phi) is 6.83. The van der Waals surface area contributed by atoms with E-state index in [0.717, 1.165) is 4.47 Å². The van der Waals surface area contributed by atoms with Crippen molar-refractivity contribution in [3.8, 4) is 0 Å². The number of carbonyl (C=O) groups is 1. The van der Waals surface area contributed by atoms with Crippen molar-refractivity contribution in [3.05, 3.63) is 28.7 Å². The lowest BCUT2D eigenvalue weighted by Gasteiger charge is -2.20. The van der Waals surface area contributed by atoms with Gasteiger partial charge in [0.25, 0.3) is 0 Å². The van der Waals surface area contributed by atoms with Crippen LogP contribution in [0.4, 0.5) is 0 Å². The number of halogens is 1. The standard InChI is InChI=1S/C14H20BrNO4S/c1-4-9-20-14(17)13(10(2)3)16-21(18,19)12-7-5-11(15)6-8-12/h5-8,10,13,16H,4,9H2,1-3H3/t13-/m0/s1. The number of rotatable bonds is 7. The zero-order chi connectivity index (χ0) is 16.0. The Bertz CT molecular complexity index is 569. The van der Waals surface area contributed by atoms with Crippen molar-refractivity contribution < 1.29 is 17.9 Å². The first-order valence-electron chi connectivity index (χ1n) is 6.72. The van der Waals surface area contributed by atoms with Gasteiger partial charge in [-0.25, -0.2) is 8.42 Å². The average Bonchev–Trinajstić information content (AvgIpc) is 2.42. The molecule has 5 nitrogen and oxygen atoms in total. The molecule has 1 aromatic rings. The van der Waals surface area contributed by atoms with Crippen molar-refractivity contribution in [3.63, 3.8) is 0 Å². The van der Waals surface area contributed by atoms with Gasteiger partial charge in [-0.15, -0.1) is 0 Å². The van der Waals surface area contributed by atoms with Crippen LogP contribution in [0, 0.1) is 5.92 Å². The van der Waals surface area contributed by atoms with Crippen LogP contribution in [0.15, 0.2) is 33.6 Å². The van der Waals surface area contributed by atoms with Crippen LogP contribution in [0.3, 0.4) is 0 Å². The summed E-state index contributed by atoms with van der Waals surface area (Å²) in [5.74, 6) is -0.757. The van der Waals surface area contributed by atoms with Crippen LogP contribution < -0.4 is 4.72 Å². The summed E-state index contributed by atoms with van der Waals surface area (Å²) in [6.07, 6.45) is 0.690. The summed E-state index contributed by atoms with van der Waals surface area (Å²) in [5, 5.41) is 0. The van der Waals surface area contributed by atoms with Gasteiger partial charge in [0.1, 0.15) is 6.04 Å². The van der Waals surface area contributed by atoms with Crippen molar-refractivity contribution in [1.29, 1.82) is 0 Å². The predicted octanol–water partition coefficient (Wildman–Crippen LogP) is 2.71. The van der Waals surface area contributed by atoms with Gasteiger partial charge in [-0.2, -0.15) is 4.72 Å². The Morgan fingerprint density at radius 3 is 2.33 bits per heavy atom. The zero-order valence-corrected chi connectivity index (χ0v) is 14.7. The second-order valence-corrected chi connectivity index (χ2v) is 7.59. The molecule has 0 saturated heterocycles. The summed E-state index contributed by atoms with van der Waals surface area (Å²) in [5.41, 5.74) is 0. The van der Waals surface area contributed by atoms with Crippen LogP contribution in [-0.2, 0) is 19.6 Å². The molecular weight excluding hydrogens is 358 g/mol. The van der Waals surface area contributed by atoms with Gasteiger partial charge in [0, 0.05) is 4.47 Å². The van der Waals surface area contributed by atoms with Gasteiger partial charge in [0.05, 0.1) is 11.5 Å². The van der Waals surface area contributed by atoms with Gasteiger partial charge in [-0.05, 0) is 36.6 Å². The van der Waals surface area contributed by atoms with Crippen molar-refractivity contribution in [2.24, 2.45) is 5.92 Å². The first kappa shape index (κ1) is 18.1. The second-order valence-electron chi connectivity index (χ2n) is 4.96.